The highest BCUT2D eigenvalue weighted by atomic mass is 32.2. The lowest BCUT2D eigenvalue weighted by molar-refractivity contribution is -0.347. The topological polar surface area (TPSA) is 434 Å². The van der Waals surface area contributed by atoms with Gasteiger partial charge in [0.2, 0.25) is 11.8 Å². The van der Waals surface area contributed by atoms with E-state index >= 15 is 0 Å². The summed E-state index contributed by atoms with van der Waals surface area (Å²) in [5, 5.41) is 46.0. The smallest absolute Gasteiger partial charge is 0.274 e. The van der Waals surface area contributed by atoms with Crippen molar-refractivity contribution in [2.24, 2.45) is 5.41 Å². The zero-order valence-electron chi connectivity index (χ0n) is 37.3. The maximum Gasteiger partial charge on any atom is 0.274 e. The van der Waals surface area contributed by atoms with Crippen molar-refractivity contribution in [1.82, 2.24) is 30.2 Å². The molecule has 2 aliphatic heterocycles. The Morgan fingerprint density at radius 1 is 0.941 bits per heavy atom. The number of nitrogens with two attached hydrogens (primary N) is 1. The van der Waals surface area contributed by atoms with E-state index in [0.717, 1.165) is 67.5 Å². The second-order valence-electron chi connectivity index (χ2n) is 16.5. The number of carbonyl (C=O) groups excluding carboxylic acids is 3. The van der Waals surface area contributed by atoms with Crippen LogP contribution in [0.3, 0.4) is 0 Å². The van der Waals surface area contributed by atoms with Crippen molar-refractivity contribution in [2.75, 3.05) is 44.4 Å². The Hall–Kier alpha value is -2.60. The number of nitrogens with one attached hydrogen (secondary N) is 2. The summed E-state index contributed by atoms with van der Waals surface area (Å²) < 4.78 is 71.8. The lowest BCUT2D eigenvalue weighted by Gasteiger charge is -2.36. The maximum atomic E-state index is 12.6. The van der Waals surface area contributed by atoms with Gasteiger partial charge in [-0.2, -0.15) is 0 Å². The number of aliphatic hydroxyl groups is 4. The Bertz CT molecular complexity index is 2120. The fourth-order valence-corrected chi connectivity index (χ4v) is 10.2. The van der Waals surface area contributed by atoms with Gasteiger partial charge < -0.3 is 88.7 Å². The first-order valence-electron chi connectivity index (χ1n) is 21.4. The van der Waals surface area contributed by atoms with Crippen LogP contribution in [-0.4, -0.2) is 145 Å². The second kappa shape index (κ2) is 26.2. The molecule has 68 heavy (non-hydrogen) atoms. The number of hydrogen-bond donors (Lipinski definition) is 7. The average molecular weight is 1050 g/mol. The van der Waals surface area contributed by atoms with Gasteiger partial charge in [0.1, 0.15) is 42.4 Å². The van der Waals surface area contributed by atoms with Gasteiger partial charge >= 0.3 is 0 Å². The molecule has 0 bridgehead atoms. The minimum Gasteiger partial charge on any atom is -0.790 e. The molecule has 0 spiro atoms. The molecule has 0 aromatic carbocycles. The number of hydrogen-bond acceptors (Lipinski definition) is 26. The van der Waals surface area contributed by atoms with E-state index in [9.17, 15) is 68.1 Å². The number of ether oxygens (including phenoxy) is 3. The third-order valence-corrected chi connectivity index (χ3v) is 14.4. The molecule has 388 valence electrons. The number of thioether (sulfide) groups is 1. The molecule has 2 aliphatic rings. The van der Waals surface area contributed by atoms with Crippen molar-refractivity contribution in [3.8, 4) is 0 Å². The van der Waals surface area contributed by atoms with E-state index < -0.39 is 109 Å². The molecule has 0 saturated carbocycles. The number of fused-ring (bicyclic) bond motifs is 1. The Morgan fingerprint density at radius 3 is 2.32 bits per heavy atom. The molecule has 2 aromatic rings. The Labute approximate surface area is 394 Å². The third-order valence-electron chi connectivity index (χ3n) is 10.5. The standard InChI is InChI=1S/C36H62N7O21P3S/c1-21-22(44)16-23(45)35(61-21)58-14-9-7-5-4-6-8-10-26(47)68-15-13-38-25(46)11-12-39-33(50)30(49)36(2,3)18-60-67(56,57)64-66(54,55)59-17-24-29(63-65(51,52)53)28(48)34(62-24)43-20-42-27-31(37)40-19-41-32(27)43/h19-24,28-30,34-35,44-45,48-49H,4-18H2,1-3H3,(H,38,46)(H,39,50)(H,54,55)(H,56,57)(H2,37,40,41)(H2,51,52,53)/p-4/t21-,22+,23+,24+,28+,29+,30-,34+,35+/m0/s1. The first kappa shape index (κ1) is 58.0. The van der Waals surface area contributed by atoms with Crippen LogP contribution in [0.5, 0.6) is 0 Å². The van der Waals surface area contributed by atoms with Crippen molar-refractivity contribution in [2.45, 2.75) is 134 Å². The fourth-order valence-electron chi connectivity index (χ4n) is 6.72. The molecule has 2 unspecified atom stereocenters. The van der Waals surface area contributed by atoms with Gasteiger partial charge in [-0.25, -0.2) is 19.3 Å². The molecule has 2 saturated heterocycles. The van der Waals surface area contributed by atoms with Crippen molar-refractivity contribution in [3.63, 3.8) is 0 Å². The van der Waals surface area contributed by atoms with Gasteiger partial charge in [0.25, 0.3) is 15.6 Å². The van der Waals surface area contributed by atoms with Crippen molar-refractivity contribution in [3.05, 3.63) is 12.7 Å². The van der Waals surface area contributed by atoms with E-state index in [0.29, 0.717) is 18.8 Å². The van der Waals surface area contributed by atoms with Crippen LogP contribution >= 0.6 is 35.2 Å². The molecule has 8 N–H and O–H groups in total. The first-order valence-corrected chi connectivity index (χ1v) is 26.8. The Balaban J connectivity index is 1.08. The quantitative estimate of drug-likeness (QED) is 0.0334. The summed E-state index contributed by atoms with van der Waals surface area (Å²) in [6.07, 6.45) is -4.59. The highest BCUT2D eigenvalue weighted by molar-refractivity contribution is 8.13. The molecule has 4 rings (SSSR count). The summed E-state index contributed by atoms with van der Waals surface area (Å²) in [6.45, 7) is 2.19. The van der Waals surface area contributed by atoms with Crippen molar-refractivity contribution in [1.29, 1.82) is 0 Å². The molecule has 2 fully saturated rings. The van der Waals surface area contributed by atoms with Gasteiger partial charge in [0.15, 0.2) is 29.1 Å². The number of aromatic nitrogens is 4. The molecule has 32 heteroatoms. The third kappa shape index (κ3) is 18.5. The summed E-state index contributed by atoms with van der Waals surface area (Å²) in [5.41, 5.74) is 4.05. The van der Waals surface area contributed by atoms with Crippen LogP contribution in [0, 0.1) is 5.41 Å². The van der Waals surface area contributed by atoms with Crippen molar-refractivity contribution >= 4 is 69.1 Å². The number of phosphoric ester groups is 3. The molecule has 11 atom stereocenters. The predicted octanol–water partition coefficient (Wildman–Crippen LogP) is -2.26. The highest BCUT2D eigenvalue weighted by Gasteiger charge is 2.47. The van der Waals surface area contributed by atoms with Gasteiger partial charge in [-0.05, 0) is 19.8 Å². The normalized spacial score (nSPS) is 25.7. The lowest BCUT2D eigenvalue weighted by atomic mass is 9.87. The van der Waals surface area contributed by atoms with E-state index in [1.807, 2.05) is 0 Å². The number of aliphatic hydroxyl groups excluding tert-OH is 4. The largest absolute Gasteiger partial charge is 0.790 e. The number of imidazole rings is 1. The van der Waals surface area contributed by atoms with E-state index in [2.05, 4.69) is 43.5 Å². The highest BCUT2D eigenvalue weighted by Crippen LogP contribution is 2.56. The van der Waals surface area contributed by atoms with E-state index in [4.69, 9.17) is 19.9 Å². The lowest BCUT2D eigenvalue weighted by Crippen LogP contribution is -2.47. The van der Waals surface area contributed by atoms with Crippen LogP contribution in [0.4, 0.5) is 5.82 Å². The number of carbonyl (C=O) groups is 3. The number of anilines is 1. The van der Waals surface area contributed by atoms with Gasteiger partial charge in [-0.15, -0.1) is 0 Å². The molecule has 2 amide bonds. The van der Waals surface area contributed by atoms with Gasteiger partial charge in [0, 0.05) is 50.1 Å². The number of amides is 2. The zero-order chi connectivity index (χ0) is 50.5. The number of nitrogens with zero attached hydrogens (tertiary/aromatic N) is 4. The molecular weight excluding hydrogens is 991 g/mol. The van der Waals surface area contributed by atoms with Gasteiger partial charge in [-0.3, -0.25) is 28.1 Å². The average Bonchev–Trinajstić information content (AvgIpc) is 3.81. The number of rotatable bonds is 29. The summed E-state index contributed by atoms with van der Waals surface area (Å²) in [4.78, 5) is 96.8. The molecular formula is C36H58N7O21P3S-4. The Kier molecular flexibility index (Phi) is 22.3. The molecule has 28 nitrogen and oxygen atoms in total. The summed E-state index contributed by atoms with van der Waals surface area (Å²) in [6, 6.07) is 0. The minimum atomic E-state index is -5.93. The van der Waals surface area contributed by atoms with Crippen LogP contribution in [0.2, 0.25) is 0 Å². The fraction of sp³-hybridized carbons (Fsp3) is 0.778. The van der Waals surface area contributed by atoms with Gasteiger partial charge in [-0.1, -0.05) is 51.3 Å². The predicted molar refractivity (Wildman–Crippen MR) is 227 cm³/mol. The number of unbranched alkanes of at least 4 members (excludes halogenated alkanes) is 5. The van der Waals surface area contributed by atoms with Crippen LogP contribution in [0.25, 0.3) is 11.2 Å². The van der Waals surface area contributed by atoms with Crippen LogP contribution in [-0.2, 0) is 60.2 Å². The summed E-state index contributed by atoms with van der Waals surface area (Å²) in [5.74, 6) is -1.25. The summed E-state index contributed by atoms with van der Waals surface area (Å²) in [7, 11) is -17.6. The van der Waals surface area contributed by atoms with Gasteiger partial charge in [0.05, 0.1) is 39.6 Å². The van der Waals surface area contributed by atoms with E-state index in [1.54, 1.807) is 6.92 Å². The van der Waals surface area contributed by atoms with E-state index in [-0.39, 0.29) is 48.0 Å². The monoisotopic (exact) mass is 1050 g/mol. The van der Waals surface area contributed by atoms with Crippen LogP contribution in [0.15, 0.2) is 12.7 Å². The molecule has 0 radical (unpaired) electrons. The maximum absolute atomic E-state index is 12.6. The van der Waals surface area contributed by atoms with Crippen LogP contribution in [0.1, 0.15) is 84.8 Å². The van der Waals surface area contributed by atoms with E-state index in [1.165, 1.54) is 13.8 Å². The number of nitrogen functional groups attached to an aromatic ring is 1. The SMILES string of the molecule is C[C@@H]1O[C@@H](OCCCCCCCCC(=O)SCCNC(=O)CCNC(=O)[C@H](O)C(C)(C)COP(=O)([O-])OP(=O)([O-])OC[C@H]2O[C@@H](n3cnc4c(N)ncnc43)[C@H](O)[C@@H]2OP(=O)([O-])[O-])[C@H](O)C[C@H]1O. The first-order chi connectivity index (χ1) is 31.8. The molecule has 2 aromatic heterocycles. The molecule has 4 heterocycles. The minimum absolute atomic E-state index is 0.0151. The summed E-state index contributed by atoms with van der Waals surface area (Å²) >= 11 is 1.08. The zero-order valence-corrected chi connectivity index (χ0v) is 40.8. The van der Waals surface area contributed by atoms with Crippen LogP contribution < -0.4 is 35.9 Å². The number of phosphoric acid groups is 3. The Morgan fingerprint density at radius 2 is 1.62 bits per heavy atom. The molecule has 0 aliphatic carbocycles. The second-order valence-corrected chi connectivity index (χ2v) is 21.7. The van der Waals surface area contributed by atoms with Crippen molar-refractivity contribution < 1.29 is 100 Å².